The first-order valence-corrected chi connectivity index (χ1v) is 6.94. The zero-order chi connectivity index (χ0) is 15.2. The average molecular weight is 285 g/mol. The van der Waals surface area contributed by atoms with Gasteiger partial charge in [0.2, 0.25) is 0 Å². The van der Waals surface area contributed by atoms with E-state index in [0.29, 0.717) is 29.4 Å². The quantitative estimate of drug-likeness (QED) is 0.883. The van der Waals surface area contributed by atoms with Crippen molar-refractivity contribution in [2.45, 2.75) is 26.7 Å². The number of hydrogen-bond acceptors (Lipinski definition) is 5. The molecule has 2 aromatic heterocycles. The highest BCUT2D eigenvalue weighted by Crippen LogP contribution is 2.17. The minimum atomic E-state index is -0.263. The fourth-order valence-electron chi connectivity index (χ4n) is 1.79. The molecule has 0 unspecified atom stereocenters. The number of rotatable bonds is 5. The van der Waals surface area contributed by atoms with E-state index in [0.717, 1.165) is 0 Å². The average Bonchev–Trinajstić information content (AvgIpc) is 2.48. The predicted octanol–water partition coefficient (Wildman–Crippen LogP) is 2.68. The third-order valence-corrected chi connectivity index (χ3v) is 2.84. The normalized spacial score (nSPS) is 10.5. The van der Waals surface area contributed by atoms with E-state index in [9.17, 15) is 4.79 Å². The molecule has 1 amide bonds. The number of amides is 1. The van der Waals surface area contributed by atoms with Crippen LogP contribution in [0.1, 0.15) is 43.0 Å². The fourth-order valence-corrected chi connectivity index (χ4v) is 1.79. The summed E-state index contributed by atoms with van der Waals surface area (Å²) in [5.41, 5.74) is 1.67. The van der Waals surface area contributed by atoms with E-state index in [4.69, 9.17) is 0 Å². The number of carbonyl (C=O) groups excluding carboxylic acids is 1. The van der Waals surface area contributed by atoms with Crippen molar-refractivity contribution in [3.8, 4) is 0 Å². The molecule has 6 heteroatoms. The fraction of sp³-hybridized carbons (Fsp3) is 0.333. The molecule has 0 saturated carbocycles. The van der Waals surface area contributed by atoms with Gasteiger partial charge in [0, 0.05) is 30.5 Å². The van der Waals surface area contributed by atoms with Gasteiger partial charge >= 0.3 is 0 Å². The van der Waals surface area contributed by atoms with E-state index < -0.39 is 0 Å². The van der Waals surface area contributed by atoms with Gasteiger partial charge in [0.05, 0.1) is 11.9 Å². The summed E-state index contributed by atoms with van der Waals surface area (Å²) in [5, 5.41) is 5.92. The zero-order valence-electron chi connectivity index (χ0n) is 12.4. The van der Waals surface area contributed by atoms with E-state index in [1.807, 2.05) is 20.8 Å². The van der Waals surface area contributed by atoms with E-state index in [1.165, 1.54) is 0 Å². The third-order valence-electron chi connectivity index (χ3n) is 2.84. The van der Waals surface area contributed by atoms with Gasteiger partial charge in [-0.15, -0.1) is 0 Å². The van der Waals surface area contributed by atoms with Gasteiger partial charge in [0.1, 0.15) is 5.82 Å². The first-order valence-electron chi connectivity index (χ1n) is 6.94. The Bertz CT molecular complexity index is 613. The number of pyridine rings is 1. The molecule has 110 valence electrons. The Labute approximate surface area is 124 Å². The minimum Gasteiger partial charge on any atom is -0.382 e. The van der Waals surface area contributed by atoms with Gasteiger partial charge in [-0.3, -0.25) is 9.78 Å². The van der Waals surface area contributed by atoms with Gasteiger partial charge in [-0.25, -0.2) is 9.97 Å². The van der Waals surface area contributed by atoms with Crippen LogP contribution in [-0.2, 0) is 0 Å². The second-order valence-corrected chi connectivity index (χ2v) is 4.87. The van der Waals surface area contributed by atoms with E-state index in [2.05, 4.69) is 25.6 Å². The Morgan fingerprint density at radius 2 is 2.00 bits per heavy atom. The Morgan fingerprint density at radius 3 is 2.62 bits per heavy atom. The molecule has 2 aromatic rings. The predicted molar refractivity (Wildman–Crippen MR) is 82.5 cm³/mol. The van der Waals surface area contributed by atoms with Crippen LogP contribution in [-0.4, -0.2) is 27.4 Å². The van der Waals surface area contributed by atoms with Crippen LogP contribution in [0, 0.1) is 0 Å². The number of aromatic nitrogens is 3. The molecule has 0 fully saturated rings. The van der Waals surface area contributed by atoms with Crippen molar-refractivity contribution < 1.29 is 4.79 Å². The molecule has 2 heterocycles. The van der Waals surface area contributed by atoms with Crippen molar-refractivity contribution in [1.29, 1.82) is 0 Å². The molecule has 6 nitrogen and oxygen atoms in total. The molecule has 0 aliphatic rings. The van der Waals surface area contributed by atoms with Gasteiger partial charge < -0.3 is 10.6 Å². The number of carbonyl (C=O) groups is 1. The van der Waals surface area contributed by atoms with Crippen LogP contribution in [0.15, 0.2) is 30.7 Å². The van der Waals surface area contributed by atoms with Crippen LogP contribution in [0.25, 0.3) is 0 Å². The van der Waals surface area contributed by atoms with Gasteiger partial charge in [-0.2, -0.15) is 0 Å². The summed E-state index contributed by atoms with van der Waals surface area (Å²) in [4.78, 5) is 25.0. The van der Waals surface area contributed by atoms with Gasteiger partial charge in [-0.05, 0) is 19.1 Å². The molecule has 0 spiro atoms. The van der Waals surface area contributed by atoms with Crippen molar-refractivity contribution in [2.75, 3.05) is 17.2 Å². The number of hydrogen-bond donors (Lipinski definition) is 2. The molecule has 0 bridgehead atoms. The maximum absolute atomic E-state index is 12.4. The zero-order valence-corrected chi connectivity index (χ0v) is 12.4. The highest BCUT2D eigenvalue weighted by Gasteiger charge is 2.16. The third kappa shape index (κ3) is 3.75. The summed E-state index contributed by atoms with van der Waals surface area (Å²) < 4.78 is 0. The molecule has 0 saturated heterocycles. The molecule has 0 aromatic carbocycles. The summed E-state index contributed by atoms with van der Waals surface area (Å²) in [6, 6.07) is 3.46. The number of anilines is 2. The highest BCUT2D eigenvalue weighted by molar-refractivity contribution is 6.06. The molecule has 2 N–H and O–H groups in total. The van der Waals surface area contributed by atoms with E-state index in [-0.39, 0.29) is 11.8 Å². The molecule has 0 atom stereocenters. The minimum absolute atomic E-state index is 0.160. The number of nitrogens with one attached hydrogen (secondary N) is 2. The first-order chi connectivity index (χ1) is 10.1. The molecule has 21 heavy (non-hydrogen) atoms. The summed E-state index contributed by atoms with van der Waals surface area (Å²) in [6.45, 7) is 6.64. The van der Waals surface area contributed by atoms with Crippen LogP contribution in [0.2, 0.25) is 0 Å². The first kappa shape index (κ1) is 14.9. The lowest BCUT2D eigenvalue weighted by Crippen LogP contribution is -2.18. The van der Waals surface area contributed by atoms with Crippen LogP contribution < -0.4 is 10.6 Å². The SMILES string of the molecule is CCNc1cnc(C(C)C)nc1C(=O)Nc1ccncc1. The molecule has 0 aliphatic heterocycles. The van der Waals surface area contributed by atoms with E-state index in [1.54, 1.807) is 30.7 Å². The monoisotopic (exact) mass is 285 g/mol. The van der Waals surface area contributed by atoms with Gasteiger partial charge in [0.15, 0.2) is 5.69 Å². The second-order valence-electron chi connectivity index (χ2n) is 4.87. The Morgan fingerprint density at radius 1 is 1.29 bits per heavy atom. The van der Waals surface area contributed by atoms with Crippen molar-refractivity contribution in [3.63, 3.8) is 0 Å². The lowest BCUT2D eigenvalue weighted by molar-refractivity contribution is 0.102. The molecule has 0 aliphatic carbocycles. The molecule has 2 rings (SSSR count). The van der Waals surface area contributed by atoms with Crippen LogP contribution in [0.4, 0.5) is 11.4 Å². The second kappa shape index (κ2) is 6.78. The van der Waals surface area contributed by atoms with Crippen LogP contribution >= 0.6 is 0 Å². The lowest BCUT2D eigenvalue weighted by Gasteiger charge is -2.12. The Kier molecular flexibility index (Phi) is 4.81. The van der Waals surface area contributed by atoms with Crippen molar-refractivity contribution in [3.05, 3.63) is 42.2 Å². The summed E-state index contributed by atoms with van der Waals surface area (Å²) in [5.74, 6) is 0.547. The smallest absolute Gasteiger partial charge is 0.276 e. The Hall–Kier alpha value is -2.50. The van der Waals surface area contributed by atoms with Crippen molar-refractivity contribution in [1.82, 2.24) is 15.0 Å². The van der Waals surface area contributed by atoms with Crippen LogP contribution in [0.3, 0.4) is 0 Å². The lowest BCUT2D eigenvalue weighted by atomic mass is 10.2. The van der Waals surface area contributed by atoms with Crippen LogP contribution in [0.5, 0.6) is 0 Å². The summed E-state index contributed by atoms with van der Waals surface area (Å²) in [6.07, 6.45) is 4.91. The molecular weight excluding hydrogens is 266 g/mol. The van der Waals surface area contributed by atoms with Gasteiger partial charge in [0.25, 0.3) is 5.91 Å². The summed E-state index contributed by atoms with van der Waals surface area (Å²) in [7, 11) is 0. The van der Waals surface area contributed by atoms with Crippen molar-refractivity contribution >= 4 is 17.3 Å². The maximum atomic E-state index is 12.4. The largest absolute Gasteiger partial charge is 0.382 e. The topological polar surface area (TPSA) is 79.8 Å². The van der Waals surface area contributed by atoms with Crippen molar-refractivity contribution in [2.24, 2.45) is 0 Å². The molecule has 0 radical (unpaired) electrons. The van der Waals surface area contributed by atoms with E-state index >= 15 is 0 Å². The standard InChI is InChI=1S/C15H19N5O/c1-4-17-12-9-18-14(10(2)3)20-13(12)15(21)19-11-5-7-16-8-6-11/h5-10,17H,4H2,1-3H3,(H,16,19,21). The Balaban J connectivity index is 2.30. The molecular formula is C15H19N5O. The van der Waals surface area contributed by atoms with Gasteiger partial charge in [-0.1, -0.05) is 13.8 Å². The highest BCUT2D eigenvalue weighted by atomic mass is 16.1. The summed E-state index contributed by atoms with van der Waals surface area (Å²) >= 11 is 0. The maximum Gasteiger partial charge on any atom is 0.276 e. The number of nitrogens with zero attached hydrogens (tertiary/aromatic N) is 3.